The molecule has 0 aliphatic carbocycles. The van der Waals surface area contributed by atoms with Gasteiger partial charge in [0, 0.05) is 6.42 Å². The Morgan fingerprint density at radius 3 is 2.00 bits per heavy atom. The molecule has 0 aromatic rings. The standard InChI is InChI=1S/C26H44O10Si2/c1-13-14-17(27)18(35-37(9,10)23(2,3)4)20(36-38(11,12)24(5,6)7)25-15-32-22(30)26(25,34-16-33-25)19(28)21(29)31-8/h13,18,20H,1,14-16H2,2-12H3/t18-,20-,25-,26-/m1/s1. The Morgan fingerprint density at radius 1 is 1.00 bits per heavy atom. The summed E-state index contributed by atoms with van der Waals surface area (Å²) in [6.45, 7) is 22.7. The van der Waals surface area contributed by atoms with Crippen molar-refractivity contribution in [2.45, 2.75) is 108 Å². The van der Waals surface area contributed by atoms with Gasteiger partial charge >= 0.3 is 11.9 Å². The Morgan fingerprint density at radius 2 is 1.53 bits per heavy atom. The van der Waals surface area contributed by atoms with Crippen LogP contribution in [0.5, 0.6) is 0 Å². The van der Waals surface area contributed by atoms with Crippen molar-refractivity contribution in [3.63, 3.8) is 0 Å². The molecule has 2 aliphatic rings. The van der Waals surface area contributed by atoms with Crippen molar-refractivity contribution in [3.05, 3.63) is 12.7 Å². The van der Waals surface area contributed by atoms with Gasteiger partial charge < -0.3 is 27.8 Å². The predicted molar refractivity (Wildman–Crippen MR) is 144 cm³/mol. The Kier molecular flexibility index (Phi) is 9.15. The summed E-state index contributed by atoms with van der Waals surface area (Å²) in [7, 11) is -4.39. The summed E-state index contributed by atoms with van der Waals surface area (Å²) < 4.78 is 35.3. The molecule has 0 saturated carbocycles. The van der Waals surface area contributed by atoms with Crippen LogP contribution in [0.15, 0.2) is 12.7 Å². The molecule has 2 fully saturated rings. The first-order valence-electron chi connectivity index (χ1n) is 12.7. The maximum atomic E-state index is 13.8. The van der Waals surface area contributed by atoms with Crippen molar-refractivity contribution in [2.24, 2.45) is 0 Å². The molecule has 0 aromatic heterocycles. The van der Waals surface area contributed by atoms with Crippen molar-refractivity contribution in [1.82, 2.24) is 0 Å². The van der Waals surface area contributed by atoms with Gasteiger partial charge in [-0.3, -0.25) is 9.59 Å². The summed E-state index contributed by atoms with van der Waals surface area (Å²) in [5.41, 5.74) is -4.49. The lowest BCUT2D eigenvalue weighted by Gasteiger charge is -2.49. The average molecular weight is 573 g/mol. The van der Waals surface area contributed by atoms with Crippen LogP contribution in [0.3, 0.4) is 0 Å². The van der Waals surface area contributed by atoms with Crippen LogP contribution in [-0.2, 0) is 47.0 Å². The molecule has 2 rings (SSSR count). The molecule has 12 heteroatoms. The van der Waals surface area contributed by atoms with Gasteiger partial charge in [-0.15, -0.1) is 6.58 Å². The molecular formula is C26H44O10Si2. The number of rotatable bonds is 11. The van der Waals surface area contributed by atoms with E-state index < -0.39 is 71.2 Å². The maximum Gasteiger partial charge on any atom is 0.378 e. The molecule has 2 aliphatic heterocycles. The highest BCUT2D eigenvalue weighted by molar-refractivity contribution is 6.74. The van der Waals surface area contributed by atoms with Gasteiger partial charge in [-0.2, -0.15) is 0 Å². The van der Waals surface area contributed by atoms with Gasteiger partial charge in [0.15, 0.2) is 28.0 Å². The lowest BCUT2D eigenvalue weighted by atomic mass is 9.75. The zero-order valence-corrected chi connectivity index (χ0v) is 26.6. The molecule has 0 bridgehead atoms. The lowest BCUT2D eigenvalue weighted by Crippen LogP contribution is -2.71. The number of ketones is 2. The van der Waals surface area contributed by atoms with Gasteiger partial charge in [0.25, 0.3) is 11.4 Å². The van der Waals surface area contributed by atoms with Crippen LogP contribution < -0.4 is 0 Å². The fourth-order valence-corrected chi connectivity index (χ4v) is 6.54. The van der Waals surface area contributed by atoms with E-state index in [1.807, 2.05) is 67.7 Å². The van der Waals surface area contributed by atoms with Gasteiger partial charge in [0.2, 0.25) is 0 Å². The Labute approximate surface area is 227 Å². The van der Waals surface area contributed by atoms with Crippen molar-refractivity contribution < 1.29 is 47.0 Å². The van der Waals surface area contributed by atoms with E-state index in [4.69, 9.17) is 23.1 Å². The summed E-state index contributed by atoms with van der Waals surface area (Å²) in [5, 5.41) is -0.643. The number of ether oxygens (including phenoxy) is 4. The van der Waals surface area contributed by atoms with Crippen molar-refractivity contribution in [1.29, 1.82) is 0 Å². The van der Waals surface area contributed by atoms with Gasteiger partial charge in [0.05, 0.1) is 7.11 Å². The highest BCUT2D eigenvalue weighted by Crippen LogP contribution is 2.51. The van der Waals surface area contributed by atoms with Crippen LogP contribution in [0.25, 0.3) is 0 Å². The molecule has 10 nitrogen and oxygen atoms in total. The number of esters is 2. The highest BCUT2D eigenvalue weighted by Gasteiger charge is 2.79. The van der Waals surface area contributed by atoms with Gasteiger partial charge in [-0.05, 0) is 36.3 Å². The summed E-state index contributed by atoms with van der Waals surface area (Å²) in [6.07, 6.45) is -1.20. The minimum atomic E-state index is -2.75. The van der Waals surface area contributed by atoms with Crippen LogP contribution in [0.2, 0.25) is 36.3 Å². The molecule has 38 heavy (non-hydrogen) atoms. The zero-order chi connectivity index (χ0) is 29.5. The molecule has 0 radical (unpaired) electrons. The summed E-state index contributed by atoms with van der Waals surface area (Å²) in [5.74, 6) is -4.05. The average Bonchev–Trinajstić information content (AvgIpc) is 3.30. The van der Waals surface area contributed by atoms with Crippen LogP contribution >= 0.6 is 0 Å². The third kappa shape index (κ3) is 5.35. The lowest BCUT2D eigenvalue weighted by molar-refractivity contribution is -0.176. The summed E-state index contributed by atoms with van der Waals surface area (Å²) in [6, 6.07) is 0. The second-order valence-electron chi connectivity index (χ2n) is 12.9. The molecule has 0 aromatic carbocycles. The van der Waals surface area contributed by atoms with E-state index in [1.54, 1.807) is 0 Å². The fraction of sp³-hybridized carbons (Fsp3) is 0.769. The number of cyclic esters (lactones) is 1. The van der Waals surface area contributed by atoms with E-state index in [-0.39, 0.29) is 22.3 Å². The molecule has 0 amide bonds. The van der Waals surface area contributed by atoms with Gasteiger partial charge in [0.1, 0.15) is 25.6 Å². The largest absolute Gasteiger partial charge is 0.463 e. The second-order valence-corrected chi connectivity index (χ2v) is 22.4. The molecule has 0 N–H and O–H groups in total. The quantitative estimate of drug-likeness (QED) is 0.119. The monoisotopic (exact) mass is 572 g/mol. The third-order valence-electron chi connectivity index (χ3n) is 8.44. The summed E-state index contributed by atoms with van der Waals surface area (Å²) >= 11 is 0. The normalized spacial score (nSPS) is 25.8. The maximum absolute atomic E-state index is 13.8. The number of hydrogen-bond donors (Lipinski definition) is 0. The van der Waals surface area contributed by atoms with Crippen LogP contribution in [0.4, 0.5) is 0 Å². The molecule has 2 saturated heterocycles. The summed E-state index contributed by atoms with van der Waals surface area (Å²) in [4.78, 5) is 53.0. The van der Waals surface area contributed by atoms with E-state index in [2.05, 4.69) is 11.3 Å². The van der Waals surface area contributed by atoms with Crippen LogP contribution in [-0.4, -0.2) is 84.1 Å². The zero-order valence-electron chi connectivity index (χ0n) is 24.6. The molecule has 0 unspecified atom stereocenters. The van der Waals surface area contributed by atoms with E-state index in [0.29, 0.717) is 0 Å². The van der Waals surface area contributed by atoms with Crippen LogP contribution in [0, 0.1) is 0 Å². The number of Topliss-reactive ketones (excluding diaryl/α,β-unsaturated/α-hetero) is 2. The van der Waals surface area contributed by atoms with Crippen molar-refractivity contribution in [3.8, 4) is 0 Å². The fourth-order valence-electron chi connectivity index (χ4n) is 3.99. The number of allylic oxidation sites excluding steroid dienone is 1. The van der Waals surface area contributed by atoms with E-state index in [1.165, 1.54) is 6.08 Å². The SMILES string of the molecule is C=CCC(=O)[C@@H](O[Si](C)(C)C(C)(C)C)[C@@H](O[Si](C)(C)C(C)(C)C)[C@]12COC(=O)[C@@]1(C(=O)C(=O)OC)OCO2. The Balaban J connectivity index is 2.88. The molecular weight excluding hydrogens is 528 g/mol. The molecule has 4 atom stereocenters. The molecule has 216 valence electrons. The van der Waals surface area contributed by atoms with E-state index >= 15 is 0 Å². The van der Waals surface area contributed by atoms with E-state index in [9.17, 15) is 19.2 Å². The highest BCUT2D eigenvalue weighted by atomic mass is 28.4. The van der Waals surface area contributed by atoms with Gasteiger partial charge in [-0.25, -0.2) is 9.59 Å². The number of carbonyl (C=O) groups excluding carboxylic acids is 4. The first kappa shape index (κ1) is 32.5. The molecule has 0 spiro atoms. The first-order chi connectivity index (χ1) is 17.1. The molecule has 2 heterocycles. The third-order valence-corrected chi connectivity index (χ3v) is 17.3. The van der Waals surface area contributed by atoms with Gasteiger partial charge in [-0.1, -0.05) is 47.6 Å². The smallest absolute Gasteiger partial charge is 0.378 e. The minimum absolute atomic E-state index is 0.0552. The predicted octanol–water partition coefficient (Wildman–Crippen LogP) is 3.69. The Hall–Kier alpha value is -1.71. The van der Waals surface area contributed by atoms with Crippen molar-refractivity contribution in [2.75, 3.05) is 20.5 Å². The first-order valence-corrected chi connectivity index (χ1v) is 18.5. The number of methoxy groups -OCH3 is 1. The number of carbonyl (C=O) groups is 4. The van der Waals surface area contributed by atoms with Crippen molar-refractivity contribution >= 4 is 40.1 Å². The minimum Gasteiger partial charge on any atom is -0.463 e. The Bertz CT molecular complexity index is 977. The number of fused-ring (bicyclic) bond motifs is 1. The topological polar surface area (TPSA) is 124 Å². The number of hydrogen-bond acceptors (Lipinski definition) is 10. The second kappa shape index (κ2) is 10.7. The van der Waals surface area contributed by atoms with Crippen LogP contribution in [0.1, 0.15) is 48.0 Å². The van der Waals surface area contributed by atoms with E-state index in [0.717, 1.165) is 7.11 Å².